The van der Waals surface area contributed by atoms with Gasteiger partial charge >= 0.3 is 0 Å². The molecule has 4 heteroatoms. The predicted octanol–water partition coefficient (Wildman–Crippen LogP) is 4.89. The van der Waals surface area contributed by atoms with Crippen molar-refractivity contribution in [3.63, 3.8) is 0 Å². The molecule has 0 unspecified atom stereocenters. The molecule has 0 atom stereocenters. The monoisotopic (exact) mass is 386 g/mol. The standard InChI is InChI=1S/C25H26N2O2/c1-19-11-10-12-20(2)25(19)26(21(3)28)18-24(29)27(23-15-8-5-9-16-23)17-22-13-6-4-7-14-22/h4-16H,17-18H2,1-3H3. The van der Waals surface area contributed by atoms with Crippen LogP contribution in [0.1, 0.15) is 23.6 Å². The smallest absolute Gasteiger partial charge is 0.247 e. The molecule has 0 aliphatic heterocycles. The molecule has 0 bridgehead atoms. The maximum Gasteiger partial charge on any atom is 0.247 e. The fraction of sp³-hybridized carbons (Fsp3) is 0.200. The minimum absolute atomic E-state index is 0.0112. The van der Waals surface area contributed by atoms with Crippen molar-refractivity contribution in [1.82, 2.24) is 0 Å². The van der Waals surface area contributed by atoms with E-state index in [0.29, 0.717) is 6.54 Å². The Kier molecular flexibility index (Phi) is 6.45. The summed E-state index contributed by atoms with van der Waals surface area (Å²) in [7, 11) is 0. The molecule has 4 nitrogen and oxygen atoms in total. The van der Waals surface area contributed by atoms with E-state index in [-0.39, 0.29) is 18.4 Å². The Bertz CT molecular complexity index is 964. The van der Waals surface area contributed by atoms with Crippen molar-refractivity contribution in [2.75, 3.05) is 16.3 Å². The van der Waals surface area contributed by atoms with Crippen molar-refractivity contribution in [2.24, 2.45) is 0 Å². The SMILES string of the molecule is CC(=O)N(CC(=O)N(Cc1ccccc1)c1ccccc1)c1c(C)cccc1C. The van der Waals surface area contributed by atoms with Crippen molar-refractivity contribution in [2.45, 2.75) is 27.3 Å². The number of amides is 2. The lowest BCUT2D eigenvalue weighted by Crippen LogP contribution is -2.42. The van der Waals surface area contributed by atoms with E-state index in [2.05, 4.69) is 0 Å². The van der Waals surface area contributed by atoms with Gasteiger partial charge in [-0.25, -0.2) is 0 Å². The van der Waals surface area contributed by atoms with E-state index in [0.717, 1.165) is 28.1 Å². The number of hydrogen-bond acceptors (Lipinski definition) is 2. The summed E-state index contributed by atoms with van der Waals surface area (Å²) in [5.41, 5.74) is 4.60. The van der Waals surface area contributed by atoms with Crippen LogP contribution in [0.25, 0.3) is 0 Å². The molecular weight excluding hydrogens is 360 g/mol. The van der Waals surface area contributed by atoms with Gasteiger partial charge < -0.3 is 9.80 Å². The predicted molar refractivity (Wildman–Crippen MR) is 118 cm³/mol. The highest BCUT2D eigenvalue weighted by molar-refractivity contribution is 6.03. The van der Waals surface area contributed by atoms with Gasteiger partial charge in [0, 0.05) is 12.6 Å². The highest BCUT2D eigenvalue weighted by Crippen LogP contribution is 2.26. The van der Waals surface area contributed by atoms with E-state index in [1.54, 1.807) is 9.80 Å². The lowest BCUT2D eigenvalue weighted by molar-refractivity contribution is -0.121. The van der Waals surface area contributed by atoms with Gasteiger partial charge in [-0.05, 0) is 42.7 Å². The minimum Gasteiger partial charge on any atom is -0.306 e. The first-order valence-electron chi connectivity index (χ1n) is 9.71. The van der Waals surface area contributed by atoms with Crippen molar-refractivity contribution in [3.8, 4) is 0 Å². The molecule has 0 N–H and O–H groups in total. The first-order chi connectivity index (χ1) is 14.0. The maximum absolute atomic E-state index is 13.4. The molecule has 3 rings (SSSR count). The number of rotatable bonds is 6. The number of aryl methyl sites for hydroxylation is 2. The third-order valence-electron chi connectivity index (χ3n) is 4.94. The molecule has 0 heterocycles. The summed E-state index contributed by atoms with van der Waals surface area (Å²) in [4.78, 5) is 29.2. The lowest BCUT2D eigenvalue weighted by Gasteiger charge is -2.29. The van der Waals surface area contributed by atoms with Crippen molar-refractivity contribution >= 4 is 23.2 Å². The lowest BCUT2D eigenvalue weighted by atomic mass is 10.1. The van der Waals surface area contributed by atoms with Crippen LogP contribution < -0.4 is 9.80 Å². The molecule has 0 radical (unpaired) electrons. The van der Waals surface area contributed by atoms with Gasteiger partial charge in [-0.3, -0.25) is 9.59 Å². The first kappa shape index (κ1) is 20.3. The van der Waals surface area contributed by atoms with Gasteiger partial charge in [-0.1, -0.05) is 66.7 Å². The van der Waals surface area contributed by atoms with Crippen LogP contribution in [-0.2, 0) is 16.1 Å². The Morgan fingerprint density at radius 2 is 1.28 bits per heavy atom. The molecule has 0 saturated carbocycles. The second kappa shape index (κ2) is 9.20. The molecule has 0 aliphatic carbocycles. The molecule has 0 saturated heterocycles. The fourth-order valence-electron chi connectivity index (χ4n) is 3.50. The van der Waals surface area contributed by atoms with Crippen molar-refractivity contribution in [3.05, 3.63) is 95.6 Å². The Labute approximate surface area is 172 Å². The average molecular weight is 386 g/mol. The van der Waals surface area contributed by atoms with Crippen LogP contribution in [0.3, 0.4) is 0 Å². The largest absolute Gasteiger partial charge is 0.306 e. The zero-order valence-electron chi connectivity index (χ0n) is 17.1. The van der Waals surface area contributed by atoms with Crippen LogP contribution in [0.15, 0.2) is 78.9 Å². The number of nitrogens with zero attached hydrogens (tertiary/aromatic N) is 2. The van der Waals surface area contributed by atoms with Crippen LogP contribution in [0.2, 0.25) is 0 Å². The van der Waals surface area contributed by atoms with Gasteiger partial charge in [0.1, 0.15) is 6.54 Å². The zero-order chi connectivity index (χ0) is 20.8. The summed E-state index contributed by atoms with van der Waals surface area (Å²) in [6, 6.07) is 25.3. The van der Waals surface area contributed by atoms with Gasteiger partial charge in [-0.15, -0.1) is 0 Å². The van der Waals surface area contributed by atoms with Crippen molar-refractivity contribution < 1.29 is 9.59 Å². The number of anilines is 2. The number of benzene rings is 3. The highest BCUT2D eigenvalue weighted by Gasteiger charge is 2.24. The van der Waals surface area contributed by atoms with Gasteiger partial charge in [-0.2, -0.15) is 0 Å². The summed E-state index contributed by atoms with van der Waals surface area (Å²) in [6.45, 7) is 5.86. The minimum atomic E-state index is -0.150. The molecule has 148 valence electrons. The summed E-state index contributed by atoms with van der Waals surface area (Å²) in [5.74, 6) is -0.277. The second-order valence-electron chi connectivity index (χ2n) is 7.15. The van der Waals surface area contributed by atoms with Crippen LogP contribution in [-0.4, -0.2) is 18.4 Å². The van der Waals surface area contributed by atoms with Crippen LogP contribution in [0.4, 0.5) is 11.4 Å². The van der Waals surface area contributed by atoms with Gasteiger partial charge in [0.2, 0.25) is 11.8 Å². The molecule has 3 aromatic rings. The van der Waals surface area contributed by atoms with E-state index >= 15 is 0 Å². The summed E-state index contributed by atoms with van der Waals surface area (Å²) in [5, 5.41) is 0. The second-order valence-corrected chi connectivity index (χ2v) is 7.15. The van der Waals surface area contributed by atoms with Gasteiger partial charge in [0.05, 0.1) is 12.2 Å². The van der Waals surface area contributed by atoms with Gasteiger partial charge in [0.25, 0.3) is 0 Å². The first-order valence-corrected chi connectivity index (χ1v) is 9.71. The van der Waals surface area contributed by atoms with Crippen LogP contribution in [0, 0.1) is 13.8 Å². The Hall–Kier alpha value is -3.40. The molecule has 29 heavy (non-hydrogen) atoms. The summed E-state index contributed by atoms with van der Waals surface area (Å²) < 4.78 is 0. The van der Waals surface area contributed by atoms with E-state index in [4.69, 9.17) is 0 Å². The molecule has 0 spiro atoms. The normalized spacial score (nSPS) is 10.4. The van der Waals surface area contributed by atoms with Gasteiger partial charge in [0.15, 0.2) is 0 Å². The van der Waals surface area contributed by atoms with Crippen molar-refractivity contribution in [1.29, 1.82) is 0 Å². The third-order valence-corrected chi connectivity index (χ3v) is 4.94. The van der Waals surface area contributed by atoms with E-state index < -0.39 is 0 Å². The maximum atomic E-state index is 13.4. The number of carbonyl (C=O) groups excluding carboxylic acids is 2. The summed E-state index contributed by atoms with van der Waals surface area (Å²) in [6.07, 6.45) is 0. The highest BCUT2D eigenvalue weighted by atomic mass is 16.2. The van der Waals surface area contributed by atoms with Crippen LogP contribution in [0.5, 0.6) is 0 Å². The molecule has 0 fully saturated rings. The Morgan fingerprint density at radius 1 is 0.724 bits per heavy atom. The number of hydrogen-bond donors (Lipinski definition) is 0. The number of para-hydroxylation sites is 2. The molecule has 0 aliphatic rings. The van der Waals surface area contributed by atoms with E-state index in [9.17, 15) is 9.59 Å². The average Bonchev–Trinajstić information content (AvgIpc) is 2.72. The fourth-order valence-corrected chi connectivity index (χ4v) is 3.50. The quantitative estimate of drug-likeness (QED) is 0.605. The zero-order valence-corrected chi connectivity index (χ0v) is 17.1. The summed E-state index contributed by atoms with van der Waals surface area (Å²) >= 11 is 0. The molecule has 3 aromatic carbocycles. The third kappa shape index (κ3) is 4.91. The topological polar surface area (TPSA) is 40.6 Å². The Balaban J connectivity index is 1.93. The number of carbonyl (C=O) groups is 2. The molecular formula is C25H26N2O2. The molecule has 0 aromatic heterocycles. The Morgan fingerprint density at radius 3 is 1.83 bits per heavy atom. The molecule has 2 amide bonds. The van der Waals surface area contributed by atoms with Crippen LogP contribution >= 0.6 is 0 Å². The van der Waals surface area contributed by atoms with E-state index in [1.807, 2.05) is 92.7 Å². The van der Waals surface area contributed by atoms with E-state index in [1.165, 1.54) is 6.92 Å².